The monoisotopic (exact) mass is 398 g/mol. The van der Waals surface area contributed by atoms with E-state index in [1.807, 2.05) is 19.1 Å². The molecule has 1 aliphatic heterocycles. The van der Waals surface area contributed by atoms with E-state index in [9.17, 15) is 13.2 Å². The van der Waals surface area contributed by atoms with Crippen molar-refractivity contribution in [1.82, 2.24) is 14.8 Å². The molecule has 0 saturated carbocycles. The second-order valence-electron chi connectivity index (χ2n) is 7.06. The number of nitrogens with zero attached hydrogens (tertiary/aromatic N) is 2. The van der Waals surface area contributed by atoms with Gasteiger partial charge in [-0.15, -0.1) is 0 Å². The van der Waals surface area contributed by atoms with Crippen molar-refractivity contribution >= 4 is 27.0 Å². The highest BCUT2D eigenvalue weighted by atomic mass is 32.2. The number of carbonyl (C=O) groups excluding carboxylic acids is 1. The third kappa shape index (κ3) is 3.48. The van der Waals surface area contributed by atoms with Gasteiger partial charge in [0.15, 0.2) is 0 Å². The number of aromatic nitrogens is 1. The molecular formula is C20H22N4O3S. The summed E-state index contributed by atoms with van der Waals surface area (Å²) < 4.78 is 25.3. The fraction of sp³-hybridized carbons (Fsp3) is 0.250. The van der Waals surface area contributed by atoms with Gasteiger partial charge in [0.05, 0.1) is 17.5 Å². The number of amides is 2. The zero-order valence-electron chi connectivity index (χ0n) is 15.5. The Labute approximate surface area is 163 Å². The Morgan fingerprint density at radius 1 is 1.11 bits per heavy atom. The minimum Gasteiger partial charge on any atom is -0.341 e. The number of para-hydroxylation sites is 1. The van der Waals surface area contributed by atoms with E-state index in [0.717, 1.165) is 12.2 Å². The Morgan fingerprint density at radius 3 is 2.68 bits per heavy atom. The molecule has 2 heterocycles. The van der Waals surface area contributed by atoms with Gasteiger partial charge < -0.3 is 14.8 Å². The van der Waals surface area contributed by atoms with Gasteiger partial charge in [-0.3, -0.25) is 0 Å². The molecule has 0 fully saturated rings. The summed E-state index contributed by atoms with van der Waals surface area (Å²) in [6.45, 7) is 3.71. The van der Waals surface area contributed by atoms with E-state index in [2.05, 4.69) is 28.1 Å². The molecule has 2 aromatic carbocycles. The molecule has 1 atom stereocenters. The fourth-order valence-electron chi connectivity index (χ4n) is 3.65. The first kappa shape index (κ1) is 18.5. The van der Waals surface area contributed by atoms with E-state index in [-0.39, 0.29) is 17.0 Å². The highest BCUT2D eigenvalue weighted by molar-refractivity contribution is 7.89. The number of hydrogen-bond donors (Lipinski definition) is 2. The van der Waals surface area contributed by atoms with E-state index in [1.54, 1.807) is 17.0 Å². The van der Waals surface area contributed by atoms with Gasteiger partial charge in [0.2, 0.25) is 10.0 Å². The Morgan fingerprint density at radius 2 is 1.89 bits per heavy atom. The van der Waals surface area contributed by atoms with Crippen molar-refractivity contribution in [1.29, 1.82) is 0 Å². The molecule has 3 N–H and O–H groups in total. The molecule has 0 saturated heterocycles. The van der Waals surface area contributed by atoms with Crippen LogP contribution in [0.2, 0.25) is 0 Å². The van der Waals surface area contributed by atoms with E-state index in [1.165, 1.54) is 23.0 Å². The number of fused-ring (bicyclic) bond motifs is 3. The van der Waals surface area contributed by atoms with E-state index in [0.29, 0.717) is 18.7 Å². The van der Waals surface area contributed by atoms with Crippen LogP contribution in [0.15, 0.2) is 59.5 Å². The largest absolute Gasteiger partial charge is 0.341 e. The molecule has 0 aliphatic carbocycles. The SMILES string of the molecule is CC(NC(=O)N1CCn2c(cc3ccccc32)C1)c1cccc(S(N)(=O)=O)c1. The summed E-state index contributed by atoms with van der Waals surface area (Å²) in [6.07, 6.45) is 0. The van der Waals surface area contributed by atoms with Gasteiger partial charge in [-0.05, 0) is 42.1 Å². The average molecular weight is 398 g/mol. The minimum atomic E-state index is -3.78. The molecule has 4 rings (SSSR count). The summed E-state index contributed by atoms with van der Waals surface area (Å²) in [5.74, 6) is 0. The van der Waals surface area contributed by atoms with Gasteiger partial charge in [0.25, 0.3) is 0 Å². The van der Waals surface area contributed by atoms with E-state index < -0.39 is 10.0 Å². The van der Waals surface area contributed by atoms with Gasteiger partial charge in [0, 0.05) is 24.3 Å². The summed E-state index contributed by atoms with van der Waals surface area (Å²) >= 11 is 0. The zero-order valence-corrected chi connectivity index (χ0v) is 16.3. The molecule has 8 heteroatoms. The van der Waals surface area contributed by atoms with Crippen LogP contribution in [0.3, 0.4) is 0 Å². The lowest BCUT2D eigenvalue weighted by atomic mass is 10.1. The first-order chi connectivity index (χ1) is 13.3. The average Bonchev–Trinajstić information content (AvgIpc) is 3.05. The van der Waals surface area contributed by atoms with Gasteiger partial charge in [-0.1, -0.05) is 30.3 Å². The second kappa shape index (κ2) is 6.96. The van der Waals surface area contributed by atoms with Crippen LogP contribution in [0.1, 0.15) is 24.2 Å². The van der Waals surface area contributed by atoms with Gasteiger partial charge in [-0.25, -0.2) is 18.4 Å². The predicted molar refractivity (Wildman–Crippen MR) is 107 cm³/mol. The first-order valence-electron chi connectivity index (χ1n) is 9.08. The smallest absolute Gasteiger partial charge is 0.318 e. The predicted octanol–water partition coefficient (Wildman–Crippen LogP) is 2.58. The fourth-order valence-corrected chi connectivity index (χ4v) is 4.22. The number of benzene rings is 2. The van der Waals surface area contributed by atoms with Gasteiger partial charge in [0.1, 0.15) is 0 Å². The number of carbonyl (C=O) groups is 1. The Hall–Kier alpha value is -2.84. The Kier molecular flexibility index (Phi) is 4.60. The first-order valence-corrected chi connectivity index (χ1v) is 10.6. The second-order valence-corrected chi connectivity index (χ2v) is 8.62. The third-order valence-electron chi connectivity index (χ3n) is 5.16. The molecule has 146 valence electrons. The minimum absolute atomic E-state index is 0.0357. The zero-order chi connectivity index (χ0) is 19.9. The van der Waals surface area contributed by atoms with Crippen molar-refractivity contribution in [3.63, 3.8) is 0 Å². The van der Waals surface area contributed by atoms with E-state index in [4.69, 9.17) is 5.14 Å². The number of hydrogen-bond acceptors (Lipinski definition) is 3. The van der Waals surface area contributed by atoms with Crippen LogP contribution in [0.25, 0.3) is 10.9 Å². The molecule has 1 aromatic heterocycles. The van der Waals surface area contributed by atoms with Crippen LogP contribution in [-0.2, 0) is 23.1 Å². The number of nitrogens with two attached hydrogens (primary N) is 1. The number of sulfonamides is 1. The molecule has 1 unspecified atom stereocenters. The molecule has 3 aromatic rings. The van der Waals surface area contributed by atoms with Crippen LogP contribution in [0.4, 0.5) is 4.79 Å². The van der Waals surface area contributed by atoms with Crippen LogP contribution in [-0.4, -0.2) is 30.5 Å². The Balaban J connectivity index is 1.48. The Bertz CT molecular complexity index is 1150. The van der Waals surface area contributed by atoms with Crippen LogP contribution in [0, 0.1) is 0 Å². The standard InChI is InChI=1S/C20H22N4O3S/c1-14(15-6-4-7-18(12-15)28(21,26)27)22-20(25)23-9-10-24-17(13-23)11-16-5-2-3-8-19(16)24/h2-8,11-12,14H,9-10,13H2,1H3,(H,22,25)(H2,21,26,27). The third-order valence-corrected chi connectivity index (χ3v) is 6.07. The number of nitrogens with one attached hydrogen (secondary N) is 1. The van der Waals surface area contributed by atoms with Crippen molar-refractivity contribution in [2.45, 2.75) is 31.0 Å². The molecule has 0 spiro atoms. The van der Waals surface area contributed by atoms with Gasteiger partial charge >= 0.3 is 6.03 Å². The van der Waals surface area contributed by atoms with Crippen LogP contribution < -0.4 is 10.5 Å². The summed E-state index contributed by atoms with van der Waals surface area (Å²) in [4.78, 5) is 14.6. The van der Waals surface area contributed by atoms with Crippen molar-refractivity contribution < 1.29 is 13.2 Å². The number of rotatable bonds is 3. The quantitative estimate of drug-likeness (QED) is 0.709. The van der Waals surface area contributed by atoms with Crippen molar-refractivity contribution in [2.24, 2.45) is 5.14 Å². The van der Waals surface area contributed by atoms with Crippen molar-refractivity contribution in [3.05, 3.63) is 65.9 Å². The van der Waals surface area contributed by atoms with Crippen molar-refractivity contribution in [3.8, 4) is 0 Å². The summed E-state index contributed by atoms with van der Waals surface area (Å²) in [5.41, 5.74) is 2.98. The summed E-state index contributed by atoms with van der Waals surface area (Å²) in [5, 5.41) is 9.32. The molecule has 1 aliphatic rings. The lowest BCUT2D eigenvalue weighted by Crippen LogP contribution is -2.44. The lowest BCUT2D eigenvalue weighted by molar-refractivity contribution is 0.181. The number of primary sulfonamides is 1. The topological polar surface area (TPSA) is 97.4 Å². The molecule has 7 nitrogen and oxygen atoms in total. The molecule has 0 radical (unpaired) electrons. The van der Waals surface area contributed by atoms with Crippen molar-refractivity contribution in [2.75, 3.05) is 6.54 Å². The highest BCUT2D eigenvalue weighted by Gasteiger charge is 2.23. The maximum atomic E-state index is 12.8. The number of urea groups is 1. The maximum absolute atomic E-state index is 12.8. The molecule has 28 heavy (non-hydrogen) atoms. The lowest BCUT2D eigenvalue weighted by Gasteiger charge is -2.30. The van der Waals surface area contributed by atoms with Crippen LogP contribution in [0.5, 0.6) is 0 Å². The maximum Gasteiger partial charge on any atom is 0.318 e. The summed E-state index contributed by atoms with van der Waals surface area (Å²) in [6, 6.07) is 16.1. The highest BCUT2D eigenvalue weighted by Crippen LogP contribution is 2.24. The molecular weight excluding hydrogens is 376 g/mol. The van der Waals surface area contributed by atoms with Gasteiger partial charge in [-0.2, -0.15) is 0 Å². The normalized spacial score (nSPS) is 15.3. The van der Waals surface area contributed by atoms with E-state index >= 15 is 0 Å². The summed E-state index contributed by atoms with van der Waals surface area (Å²) in [7, 11) is -3.78. The molecule has 0 bridgehead atoms. The molecule has 2 amide bonds. The van der Waals surface area contributed by atoms with Crippen LogP contribution >= 0.6 is 0 Å².